The standard InChI is InChI=1S/C11H10BrNO2/c1-8-3-2-4-10(11(8)12)14-6-9-5-13-7-15-9/h2-5,7H,6H2,1H3. The van der Waals surface area contributed by atoms with E-state index in [0.29, 0.717) is 12.4 Å². The molecular weight excluding hydrogens is 258 g/mol. The number of ether oxygens (including phenoxy) is 1. The molecule has 0 spiro atoms. The molecule has 2 rings (SSSR count). The first kappa shape index (κ1) is 10.2. The van der Waals surface area contributed by atoms with Crippen molar-refractivity contribution in [3.8, 4) is 5.75 Å². The molecule has 2 aromatic rings. The van der Waals surface area contributed by atoms with E-state index in [0.717, 1.165) is 15.8 Å². The summed E-state index contributed by atoms with van der Waals surface area (Å²) in [5, 5.41) is 0. The van der Waals surface area contributed by atoms with E-state index in [2.05, 4.69) is 20.9 Å². The second kappa shape index (κ2) is 4.49. The Hall–Kier alpha value is -1.29. The Labute approximate surface area is 96.2 Å². The molecule has 0 N–H and O–H groups in total. The van der Waals surface area contributed by atoms with Crippen molar-refractivity contribution in [2.45, 2.75) is 13.5 Å². The summed E-state index contributed by atoms with van der Waals surface area (Å²) >= 11 is 3.47. The molecule has 0 saturated carbocycles. The van der Waals surface area contributed by atoms with Crippen molar-refractivity contribution < 1.29 is 9.15 Å². The maximum Gasteiger partial charge on any atom is 0.181 e. The van der Waals surface area contributed by atoms with Gasteiger partial charge in [-0.05, 0) is 34.5 Å². The minimum absolute atomic E-state index is 0.391. The molecule has 0 fully saturated rings. The van der Waals surface area contributed by atoms with E-state index in [-0.39, 0.29) is 0 Å². The van der Waals surface area contributed by atoms with Crippen LogP contribution in [0.25, 0.3) is 0 Å². The Morgan fingerprint density at radius 1 is 1.47 bits per heavy atom. The number of aromatic nitrogens is 1. The minimum atomic E-state index is 0.391. The first-order valence-corrected chi connectivity index (χ1v) is 5.32. The molecule has 0 radical (unpaired) electrons. The molecule has 15 heavy (non-hydrogen) atoms. The van der Waals surface area contributed by atoms with Crippen LogP contribution < -0.4 is 4.74 Å². The normalized spacial score (nSPS) is 10.3. The van der Waals surface area contributed by atoms with E-state index in [9.17, 15) is 0 Å². The molecular formula is C11H10BrNO2. The second-order valence-corrected chi connectivity index (χ2v) is 3.94. The Morgan fingerprint density at radius 2 is 2.33 bits per heavy atom. The summed E-state index contributed by atoms with van der Waals surface area (Å²) in [4.78, 5) is 3.82. The van der Waals surface area contributed by atoms with Gasteiger partial charge in [0.15, 0.2) is 12.2 Å². The number of halogens is 1. The molecule has 3 nitrogen and oxygen atoms in total. The van der Waals surface area contributed by atoms with E-state index in [1.165, 1.54) is 6.39 Å². The highest BCUT2D eigenvalue weighted by atomic mass is 79.9. The maximum absolute atomic E-state index is 5.58. The zero-order valence-corrected chi connectivity index (χ0v) is 9.82. The molecule has 0 aliphatic rings. The fourth-order valence-electron chi connectivity index (χ4n) is 1.19. The van der Waals surface area contributed by atoms with Crippen molar-refractivity contribution in [1.29, 1.82) is 0 Å². The van der Waals surface area contributed by atoms with Crippen molar-refractivity contribution in [3.05, 3.63) is 46.6 Å². The quantitative estimate of drug-likeness (QED) is 0.856. The molecule has 0 unspecified atom stereocenters. The summed E-state index contributed by atoms with van der Waals surface area (Å²) in [6.07, 6.45) is 3.04. The average Bonchev–Trinajstić information content (AvgIpc) is 2.73. The lowest BCUT2D eigenvalue weighted by Gasteiger charge is -2.07. The second-order valence-electron chi connectivity index (χ2n) is 3.14. The molecule has 4 heteroatoms. The maximum atomic E-state index is 5.58. The van der Waals surface area contributed by atoms with E-state index < -0.39 is 0 Å². The fraction of sp³-hybridized carbons (Fsp3) is 0.182. The summed E-state index contributed by atoms with van der Waals surface area (Å²) in [5.74, 6) is 1.52. The van der Waals surface area contributed by atoms with Gasteiger partial charge in [-0.3, -0.25) is 0 Å². The Morgan fingerprint density at radius 3 is 3.07 bits per heavy atom. The van der Waals surface area contributed by atoms with Crippen LogP contribution in [-0.4, -0.2) is 4.98 Å². The summed E-state index contributed by atoms with van der Waals surface area (Å²) in [6, 6.07) is 5.88. The average molecular weight is 268 g/mol. The Balaban J connectivity index is 2.08. The van der Waals surface area contributed by atoms with Gasteiger partial charge in [-0.25, -0.2) is 4.98 Å². The van der Waals surface area contributed by atoms with Crippen LogP contribution in [0.2, 0.25) is 0 Å². The van der Waals surface area contributed by atoms with Gasteiger partial charge in [0.25, 0.3) is 0 Å². The van der Waals surface area contributed by atoms with Gasteiger partial charge in [0, 0.05) is 0 Å². The highest BCUT2D eigenvalue weighted by molar-refractivity contribution is 9.10. The minimum Gasteiger partial charge on any atom is -0.484 e. The van der Waals surface area contributed by atoms with E-state index >= 15 is 0 Å². The predicted octanol–water partition coefficient (Wildman–Crippen LogP) is 3.32. The molecule has 1 aromatic carbocycles. The van der Waals surface area contributed by atoms with Crippen molar-refractivity contribution in [3.63, 3.8) is 0 Å². The third-order valence-electron chi connectivity index (χ3n) is 2.01. The Kier molecular flexibility index (Phi) is 3.06. The van der Waals surface area contributed by atoms with Crippen LogP contribution in [0.4, 0.5) is 0 Å². The summed E-state index contributed by atoms with van der Waals surface area (Å²) in [6.45, 7) is 2.41. The van der Waals surface area contributed by atoms with Crippen LogP contribution in [0.3, 0.4) is 0 Å². The van der Waals surface area contributed by atoms with E-state index in [4.69, 9.17) is 9.15 Å². The molecule has 0 saturated heterocycles. The van der Waals surface area contributed by atoms with Crippen LogP contribution in [-0.2, 0) is 6.61 Å². The molecule has 0 bridgehead atoms. The summed E-state index contributed by atoms with van der Waals surface area (Å²) in [5.41, 5.74) is 1.14. The zero-order chi connectivity index (χ0) is 10.7. The van der Waals surface area contributed by atoms with Gasteiger partial charge in [0.05, 0.1) is 10.7 Å². The number of rotatable bonds is 3. The predicted molar refractivity (Wildman–Crippen MR) is 59.7 cm³/mol. The molecule has 0 amide bonds. The monoisotopic (exact) mass is 267 g/mol. The molecule has 0 aliphatic heterocycles. The third kappa shape index (κ3) is 2.39. The van der Waals surface area contributed by atoms with Crippen LogP contribution in [0.15, 0.2) is 39.7 Å². The molecule has 1 aromatic heterocycles. The number of nitrogens with zero attached hydrogens (tertiary/aromatic N) is 1. The molecule has 0 aliphatic carbocycles. The first-order chi connectivity index (χ1) is 7.27. The summed E-state index contributed by atoms with van der Waals surface area (Å²) < 4.78 is 11.6. The van der Waals surface area contributed by atoms with Crippen LogP contribution >= 0.6 is 15.9 Å². The Bertz CT molecular complexity index is 440. The number of benzene rings is 1. The van der Waals surface area contributed by atoms with E-state index in [1.807, 2.05) is 25.1 Å². The molecule has 0 atom stereocenters. The van der Waals surface area contributed by atoms with Crippen molar-refractivity contribution >= 4 is 15.9 Å². The number of aryl methyl sites for hydroxylation is 1. The molecule has 78 valence electrons. The third-order valence-corrected chi connectivity index (χ3v) is 3.03. The SMILES string of the molecule is Cc1cccc(OCc2cnco2)c1Br. The molecule has 1 heterocycles. The van der Waals surface area contributed by atoms with Gasteiger partial charge in [-0.1, -0.05) is 12.1 Å². The smallest absolute Gasteiger partial charge is 0.181 e. The highest BCUT2D eigenvalue weighted by Gasteiger charge is 2.04. The van der Waals surface area contributed by atoms with Crippen LogP contribution in [0.1, 0.15) is 11.3 Å². The van der Waals surface area contributed by atoms with Crippen molar-refractivity contribution in [2.75, 3.05) is 0 Å². The van der Waals surface area contributed by atoms with E-state index in [1.54, 1.807) is 6.20 Å². The number of oxazole rings is 1. The van der Waals surface area contributed by atoms with Gasteiger partial charge in [-0.15, -0.1) is 0 Å². The topological polar surface area (TPSA) is 35.3 Å². The van der Waals surface area contributed by atoms with Crippen molar-refractivity contribution in [1.82, 2.24) is 4.98 Å². The van der Waals surface area contributed by atoms with Crippen LogP contribution in [0.5, 0.6) is 5.75 Å². The number of hydrogen-bond donors (Lipinski definition) is 0. The van der Waals surface area contributed by atoms with Crippen LogP contribution in [0, 0.1) is 6.92 Å². The first-order valence-electron chi connectivity index (χ1n) is 4.52. The van der Waals surface area contributed by atoms with Gasteiger partial charge in [0.2, 0.25) is 0 Å². The summed E-state index contributed by atoms with van der Waals surface area (Å²) in [7, 11) is 0. The fourth-order valence-corrected chi connectivity index (χ4v) is 1.57. The van der Waals surface area contributed by atoms with Gasteiger partial charge >= 0.3 is 0 Å². The zero-order valence-electron chi connectivity index (χ0n) is 8.24. The lowest BCUT2D eigenvalue weighted by atomic mass is 10.2. The lowest BCUT2D eigenvalue weighted by Crippen LogP contribution is -1.95. The highest BCUT2D eigenvalue weighted by Crippen LogP contribution is 2.28. The lowest BCUT2D eigenvalue weighted by molar-refractivity contribution is 0.268. The van der Waals surface area contributed by atoms with Gasteiger partial charge < -0.3 is 9.15 Å². The van der Waals surface area contributed by atoms with Crippen molar-refractivity contribution in [2.24, 2.45) is 0 Å². The van der Waals surface area contributed by atoms with Gasteiger partial charge in [0.1, 0.15) is 12.4 Å². The largest absolute Gasteiger partial charge is 0.484 e. The van der Waals surface area contributed by atoms with Gasteiger partial charge in [-0.2, -0.15) is 0 Å². The number of hydrogen-bond acceptors (Lipinski definition) is 3.